The van der Waals surface area contributed by atoms with Crippen LogP contribution in [0.1, 0.15) is 24.6 Å². The summed E-state index contributed by atoms with van der Waals surface area (Å²) in [5, 5.41) is 13.6. The Balaban J connectivity index is 1.83. The number of nitrogens with one attached hydrogen (secondary N) is 1. The molecular formula is C19H24N4O. The summed E-state index contributed by atoms with van der Waals surface area (Å²) in [6.45, 7) is 6.20. The Kier molecular flexibility index (Phi) is 4.10. The van der Waals surface area contributed by atoms with Crippen LogP contribution in [0.25, 0.3) is 11.4 Å². The lowest BCUT2D eigenvalue weighted by molar-refractivity contribution is 0.475. The molecule has 4 rings (SSSR count). The second-order valence-corrected chi connectivity index (χ2v) is 6.90. The van der Waals surface area contributed by atoms with E-state index in [4.69, 9.17) is 9.97 Å². The number of piperazine rings is 1. The van der Waals surface area contributed by atoms with E-state index in [0.29, 0.717) is 11.7 Å². The Labute approximate surface area is 142 Å². The highest BCUT2D eigenvalue weighted by atomic mass is 16.3. The van der Waals surface area contributed by atoms with Crippen LogP contribution in [0, 0.1) is 5.92 Å². The Morgan fingerprint density at radius 2 is 1.96 bits per heavy atom. The highest BCUT2D eigenvalue weighted by molar-refractivity contribution is 5.66. The quantitative estimate of drug-likeness (QED) is 0.888. The number of rotatable bonds is 2. The standard InChI is InChI=1S/C19H24N4O/c1-13-6-7-14-16(12-13)21-18(15-4-2-3-5-17(15)24)22-19(14)23-10-8-20-9-11-23/h2-5,13,20,24H,6-12H2,1H3. The van der Waals surface area contributed by atoms with Crippen molar-refractivity contribution in [1.82, 2.24) is 15.3 Å². The summed E-state index contributed by atoms with van der Waals surface area (Å²) in [6.07, 6.45) is 3.25. The summed E-state index contributed by atoms with van der Waals surface area (Å²) in [6, 6.07) is 7.34. The van der Waals surface area contributed by atoms with E-state index in [1.807, 2.05) is 18.2 Å². The monoisotopic (exact) mass is 324 g/mol. The summed E-state index contributed by atoms with van der Waals surface area (Å²) in [5.41, 5.74) is 3.19. The van der Waals surface area contributed by atoms with Gasteiger partial charge in [0.2, 0.25) is 0 Å². The Bertz CT molecular complexity index is 740. The van der Waals surface area contributed by atoms with Gasteiger partial charge in [0, 0.05) is 31.7 Å². The predicted octanol–water partition coefficient (Wildman–Crippen LogP) is 2.38. The fourth-order valence-corrected chi connectivity index (χ4v) is 3.69. The number of phenols is 1. The van der Waals surface area contributed by atoms with Crippen molar-refractivity contribution in [1.29, 1.82) is 0 Å². The summed E-state index contributed by atoms with van der Waals surface area (Å²) < 4.78 is 0. The van der Waals surface area contributed by atoms with E-state index in [9.17, 15) is 5.11 Å². The van der Waals surface area contributed by atoms with Gasteiger partial charge in [-0.1, -0.05) is 19.1 Å². The maximum Gasteiger partial charge on any atom is 0.165 e. The second kappa shape index (κ2) is 6.40. The van der Waals surface area contributed by atoms with E-state index in [0.717, 1.165) is 56.1 Å². The van der Waals surface area contributed by atoms with Gasteiger partial charge in [-0.15, -0.1) is 0 Å². The van der Waals surface area contributed by atoms with Gasteiger partial charge in [-0.2, -0.15) is 0 Å². The van der Waals surface area contributed by atoms with Crippen LogP contribution in [0.2, 0.25) is 0 Å². The van der Waals surface area contributed by atoms with Gasteiger partial charge in [0.25, 0.3) is 0 Å². The molecule has 1 atom stereocenters. The molecule has 1 fully saturated rings. The van der Waals surface area contributed by atoms with E-state index in [2.05, 4.69) is 17.1 Å². The molecule has 1 aliphatic heterocycles. The second-order valence-electron chi connectivity index (χ2n) is 6.90. The predicted molar refractivity (Wildman–Crippen MR) is 95.4 cm³/mol. The van der Waals surface area contributed by atoms with E-state index in [1.165, 1.54) is 12.0 Å². The molecule has 5 heteroatoms. The van der Waals surface area contributed by atoms with E-state index < -0.39 is 0 Å². The molecule has 0 amide bonds. The van der Waals surface area contributed by atoms with Crippen LogP contribution in [0.4, 0.5) is 5.82 Å². The minimum atomic E-state index is 0.243. The maximum absolute atomic E-state index is 10.2. The van der Waals surface area contributed by atoms with Crippen molar-refractivity contribution in [3.8, 4) is 17.1 Å². The molecule has 0 spiro atoms. The van der Waals surface area contributed by atoms with Crippen molar-refractivity contribution in [2.24, 2.45) is 5.92 Å². The highest BCUT2D eigenvalue weighted by Crippen LogP contribution is 2.34. The lowest BCUT2D eigenvalue weighted by Crippen LogP contribution is -2.44. The molecule has 0 bridgehead atoms. The fourth-order valence-electron chi connectivity index (χ4n) is 3.69. The van der Waals surface area contributed by atoms with Crippen molar-refractivity contribution in [2.45, 2.75) is 26.2 Å². The summed E-state index contributed by atoms with van der Waals surface area (Å²) in [7, 11) is 0. The molecule has 1 aromatic heterocycles. The molecule has 1 saturated heterocycles. The first-order valence-corrected chi connectivity index (χ1v) is 8.86. The van der Waals surface area contributed by atoms with Crippen LogP contribution in [0.15, 0.2) is 24.3 Å². The maximum atomic E-state index is 10.2. The number of anilines is 1. The van der Waals surface area contributed by atoms with Crippen LogP contribution in [-0.4, -0.2) is 41.3 Å². The number of hydrogen-bond acceptors (Lipinski definition) is 5. The topological polar surface area (TPSA) is 61.3 Å². The number of aromatic nitrogens is 2. The van der Waals surface area contributed by atoms with Crippen LogP contribution in [-0.2, 0) is 12.8 Å². The molecule has 2 N–H and O–H groups in total. The number of phenolic OH excluding ortho intramolecular Hbond substituents is 1. The third-order valence-electron chi connectivity index (χ3n) is 5.06. The van der Waals surface area contributed by atoms with Gasteiger partial charge in [0.1, 0.15) is 11.6 Å². The zero-order valence-electron chi connectivity index (χ0n) is 14.1. The first kappa shape index (κ1) is 15.4. The molecular weight excluding hydrogens is 300 g/mol. The van der Waals surface area contributed by atoms with Crippen LogP contribution in [0.3, 0.4) is 0 Å². The lowest BCUT2D eigenvalue weighted by atomic mass is 9.88. The normalized spacial score (nSPS) is 20.7. The lowest BCUT2D eigenvalue weighted by Gasteiger charge is -2.33. The third kappa shape index (κ3) is 2.84. The van der Waals surface area contributed by atoms with Gasteiger partial charge in [0.05, 0.1) is 11.3 Å². The van der Waals surface area contributed by atoms with Crippen molar-refractivity contribution < 1.29 is 5.11 Å². The average Bonchev–Trinajstić information content (AvgIpc) is 2.61. The summed E-state index contributed by atoms with van der Waals surface area (Å²) in [5.74, 6) is 2.62. The first-order chi connectivity index (χ1) is 11.7. The van der Waals surface area contributed by atoms with Gasteiger partial charge in [0.15, 0.2) is 5.82 Å². The highest BCUT2D eigenvalue weighted by Gasteiger charge is 2.26. The number of nitrogens with zero attached hydrogens (tertiary/aromatic N) is 3. The number of aromatic hydroxyl groups is 1. The third-order valence-corrected chi connectivity index (χ3v) is 5.06. The molecule has 1 unspecified atom stereocenters. The molecule has 2 aliphatic rings. The van der Waals surface area contributed by atoms with Gasteiger partial charge >= 0.3 is 0 Å². The van der Waals surface area contributed by atoms with Gasteiger partial charge in [-0.25, -0.2) is 9.97 Å². The van der Waals surface area contributed by atoms with Crippen LogP contribution < -0.4 is 10.2 Å². The van der Waals surface area contributed by atoms with E-state index in [1.54, 1.807) is 6.07 Å². The van der Waals surface area contributed by atoms with Crippen LogP contribution >= 0.6 is 0 Å². The number of para-hydroxylation sites is 1. The SMILES string of the molecule is CC1CCc2c(nc(-c3ccccc3O)nc2N2CCNCC2)C1. The Morgan fingerprint density at radius 1 is 1.17 bits per heavy atom. The van der Waals surface area contributed by atoms with E-state index >= 15 is 0 Å². The minimum Gasteiger partial charge on any atom is -0.507 e. The molecule has 1 aromatic carbocycles. The minimum absolute atomic E-state index is 0.243. The Morgan fingerprint density at radius 3 is 2.75 bits per heavy atom. The average molecular weight is 324 g/mol. The molecule has 126 valence electrons. The van der Waals surface area contributed by atoms with Gasteiger partial charge in [-0.05, 0) is 37.3 Å². The van der Waals surface area contributed by atoms with Crippen molar-refractivity contribution in [2.75, 3.05) is 31.1 Å². The smallest absolute Gasteiger partial charge is 0.165 e. The molecule has 1 aliphatic carbocycles. The number of benzene rings is 1. The van der Waals surface area contributed by atoms with Gasteiger partial charge < -0.3 is 15.3 Å². The number of fused-ring (bicyclic) bond motifs is 1. The molecule has 0 saturated carbocycles. The molecule has 0 radical (unpaired) electrons. The molecule has 2 heterocycles. The zero-order chi connectivity index (χ0) is 16.5. The largest absolute Gasteiger partial charge is 0.507 e. The van der Waals surface area contributed by atoms with Crippen LogP contribution in [0.5, 0.6) is 5.75 Å². The molecule has 5 nitrogen and oxygen atoms in total. The first-order valence-electron chi connectivity index (χ1n) is 8.86. The summed E-state index contributed by atoms with van der Waals surface area (Å²) in [4.78, 5) is 12.1. The van der Waals surface area contributed by atoms with Crippen molar-refractivity contribution >= 4 is 5.82 Å². The fraction of sp³-hybridized carbons (Fsp3) is 0.474. The van der Waals surface area contributed by atoms with Crippen molar-refractivity contribution in [3.05, 3.63) is 35.5 Å². The molecule has 24 heavy (non-hydrogen) atoms. The number of hydrogen-bond donors (Lipinski definition) is 2. The molecule has 2 aromatic rings. The Hall–Kier alpha value is -2.14. The zero-order valence-corrected chi connectivity index (χ0v) is 14.1. The van der Waals surface area contributed by atoms with Gasteiger partial charge in [-0.3, -0.25) is 0 Å². The van der Waals surface area contributed by atoms with Crippen molar-refractivity contribution in [3.63, 3.8) is 0 Å². The van der Waals surface area contributed by atoms with E-state index in [-0.39, 0.29) is 5.75 Å². The summed E-state index contributed by atoms with van der Waals surface area (Å²) >= 11 is 0.